The molecule has 1 atom stereocenters. The molecule has 90 valence electrons. The van der Waals surface area contributed by atoms with Gasteiger partial charge >= 0.3 is 0 Å². The molecule has 0 bridgehead atoms. The minimum Gasteiger partial charge on any atom is -0.382 e. The van der Waals surface area contributed by atoms with Crippen LogP contribution >= 0.6 is 23.3 Å². The Morgan fingerprint density at radius 2 is 2.56 bits per heavy atom. The third-order valence-corrected chi connectivity index (χ3v) is 4.51. The van der Waals surface area contributed by atoms with E-state index in [4.69, 9.17) is 10.5 Å². The van der Waals surface area contributed by atoms with Crippen LogP contribution in [0.1, 0.15) is 12.8 Å². The highest BCUT2D eigenvalue weighted by Crippen LogP contribution is 2.34. The molecular weight excluding hydrogens is 242 g/mol. The standard InChI is InChI=1S/C10H17N3OS2/c1-15-8-9(11)13-16-10(8)12-4-2-7-3-5-14-6-7/h7,12H,2-6H2,1H3,(H2,11,13). The molecule has 2 rings (SSSR count). The summed E-state index contributed by atoms with van der Waals surface area (Å²) in [5.74, 6) is 1.36. The zero-order valence-corrected chi connectivity index (χ0v) is 11.0. The van der Waals surface area contributed by atoms with Gasteiger partial charge in [-0.15, -0.1) is 11.8 Å². The van der Waals surface area contributed by atoms with Crippen molar-refractivity contribution in [3.63, 3.8) is 0 Å². The number of anilines is 2. The predicted octanol–water partition coefficient (Wildman–Crippen LogP) is 2.29. The first-order valence-electron chi connectivity index (χ1n) is 5.42. The molecule has 1 saturated heterocycles. The molecule has 1 aliphatic rings. The van der Waals surface area contributed by atoms with Crippen LogP contribution in [0.4, 0.5) is 10.8 Å². The topological polar surface area (TPSA) is 60.2 Å². The van der Waals surface area contributed by atoms with Gasteiger partial charge in [0.2, 0.25) is 0 Å². The molecule has 0 spiro atoms. The van der Waals surface area contributed by atoms with Crippen molar-refractivity contribution in [3.8, 4) is 0 Å². The van der Waals surface area contributed by atoms with Gasteiger partial charge in [0, 0.05) is 19.8 Å². The first-order chi connectivity index (χ1) is 7.81. The van der Waals surface area contributed by atoms with Gasteiger partial charge in [0.15, 0.2) is 5.82 Å². The zero-order chi connectivity index (χ0) is 11.4. The number of ether oxygens (including phenoxy) is 1. The molecule has 1 aromatic heterocycles. The van der Waals surface area contributed by atoms with Gasteiger partial charge in [0.1, 0.15) is 5.00 Å². The molecule has 1 fully saturated rings. The summed E-state index contributed by atoms with van der Waals surface area (Å²) in [5, 5.41) is 4.51. The van der Waals surface area contributed by atoms with E-state index in [1.165, 1.54) is 18.0 Å². The van der Waals surface area contributed by atoms with E-state index in [0.717, 1.165) is 42.0 Å². The fourth-order valence-electron chi connectivity index (χ4n) is 1.80. The van der Waals surface area contributed by atoms with Crippen LogP contribution in [0, 0.1) is 5.92 Å². The van der Waals surface area contributed by atoms with Gasteiger partial charge < -0.3 is 15.8 Å². The molecular formula is C10H17N3OS2. The average molecular weight is 259 g/mol. The largest absolute Gasteiger partial charge is 0.382 e. The Bertz CT molecular complexity index is 337. The molecule has 1 unspecified atom stereocenters. The van der Waals surface area contributed by atoms with Gasteiger partial charge in [-0.2, -0.15) is 4.37 Å². The molecule has 0 radical (unpaired) electrons. The van der Waals surface area contributed by atoms with Crippen molar-refractivity contribution in [1.82, 2.24) is 4.37 Å². The number of hydrogen-bond acceptors (Lipinski definition) is 6. The van der Waals surface area contributed by atoms with Crippen molar-refractivity contribution in [3.05, 3.63) is 0 Å². The van der Waals surface area contributed by atoms with E-state index in [1.807, 2.05) is 6.26 Å². The molecule has 0 aliphatic carbocycles. The summed E-state index contributed by atoms with van der Waals surface area (Å²) in [6.45, 7) is 2.82. The molecule has 1 aliphatic heterocycles. The predicted molar refractivity (Wildman–Crippen MR) is 70.3 cm³/mol. The number of nitrogen functional groups attached to an aromatic ring is 1. The van der Waals surface area contributed by atoms with Crippen LogP contribution in [-0.4, -0.2) is 30.4 Å². The van der Waals surface area contributed by atoms with Gasteiger partial charge in [-0.05, 0) is 36.5 Å². The summed E-state index contributed by atoms with van der Waals surface area (Å²) in [6.07, 6.45) is 4.38. The van der Waals surface area contributed by atoms with Crippen LogP contribution < -0.4 is 11.1 Å². The Morgan fingerprint density at radius 1 is 1.69 bits per heavy atom. The quantitative estimate of drug-likeness (QED) is 0.794. The number of aromatic nitrogens is 1. The lowest BCUT2D eigenvalue weighted by Crippen LogP contribution is -2.08. The van der Waals surface area contributed by atoms with Crippen molar-refractivity contribution >= 4 is 34.1 Å². The van der Waals surface area contributed by atoms with Crippen molar-refractivity contribution in [2.75, 3.05) is 37.1 Å². The minimum absolute atomic E-state index is 0.643. The lowest BCUT2D eigenvalue weighted by Gasteiger charge is -2.08. The Balaban J connectivity index is 1.79. The van der Waals surface area contributed by atoms with Gasteiger partial charge in [-0.1, -0.05) is 0 Å². The summed E-state index contributed by atoms with van der Waals surface area (Å²) < 4.78 is 9.50. The maximum absolute atomic E-state index is 5.76. The molecule has 0 saturated carbocycles. The van der Waals surface area contributed by atoms with Crippen molar-refractivity contribution in [2.24, 2.45) is 5.92 Å². The van der Waals surface area contributed by atoms with Crippen LogP contribution in [-0.2, 0) is 4.74 Å². The minimum atomic E-state index is 0.643. The van der Waals surface area contributed by atoms with Gasteiger partial charge in [0.05, 0.1) is 4.90 Å². The van der Waals surface area contributed by atoms with E-state index in [-0.39, 0.29) is 0 Å². The number of nitrogens with two attached hydrogens (primary N) is 1. The van der Waals surface area contributed by atoms with E-state index >= 15 is 0 Å². The number of hydrogen-bond donors (Lipinski definition) is 2. The Hall–Kier alpha value is -0.460. The Kier molecular flexibility index (Phi) is 4.31. The molecule has 0 aromatic carbocycles. The SMILES string of the molecule is CSc1c(N)nsc1NCCC1CCOC1. The van der Waals surface area contributed by atoms with Crippen LogP contribution in [0.3, 0.4) is 0 Å². The normalized spacial score (nSPS) is 20.2. The highest BCUT2D eigenvalue weighted by Gasteiger charge is 2.15. The highest BCUT2D eigenvalue weighted by molar-refractivity contribution is 7.99. The molecule has 1 aromatic rings. The molecule has 4 nitrogen and oxygen atoms in total. The van der Waals surface area contributed by atoms with Crippen molar-refractivity contribution in [2.45, 2.75) is 17.7 Å². The molecule has 6 heteroatoms. The smallest absolute Gasteiger partial charge is 0.153 e. The van der Waals surface area contributed by atoms with Gasteiger partial charge in [-0.25, -0.2) is 0 Å². The summed E-state index contributed by atoms with van der Waals surface area (Å²) in [5.41, 5.74) is 5.76. The van der Waals surface area contributed by atoms with E-state index in [2.05, 4.69) is 9.69 Å². The zero-order valence-electron chi connectivity index (χ0n) is 9.36. The summed E-state index contributed by atoms with van der Waals surface area (Å²) >= 11 is 3.09. The maximum atomic E-state index is 5.76. The summed E-state index contributed by atoms with van der Waals surface area (Å²) in [6, 6.07) is 0. The molecule has 0 amide bonds. The van der Waals surface area contributed by atoms with Gasteiger partial charge in [0.25, 0.3) is 0 Å². The Morgan fingerprint density at radius 3 is 3.25 bits per heavy atom. The average Bonchev–Trinajstić information content (AvgIpc) is 2.89. The second-order valence-electron chi connectivity index (χ2n) is 3.88. The summed E-state index contributed by atoms with van der Waals surface area (Å²) in [4.78, 5) is 1.08. The number of nitrogens with one attached hydrogen (secondary N) is 1. The first kappa shape index (κ1) is 12.0. The fourth-order valence-corrected chi connectivity index (χ4v) is 3.37. The van der Waals surface area contributed by atoms with Crippen molar-refractivity contribution < 1.29 is 4.74 Å². The second-order valence-corrected chi connectivity index (χ2v) is 5.47. The molecule has 16 heavy (non-hydrogen) atoms. The molecule has 2 heterocycles. The number of nitrogens with zero attached hydrogens (tertiary/aromatic N) is 1. The van der Waals surface area contributed by atoms with Crippen LogP contribution in [0.15, 0.2) is 4.90 Å². The first-order valence-corrected chi connectivity index (χ1v) is 7.42. The van der Waals surface area contributed by atoms with Gasteiger partial charge in [-0.3, -0.25) is 0 Å². The lowest BCUT2D eigenvalue weighted by molar-refractivity contribution is 0.185. The van der Waals surface area contributed by atoms with Crippen LogP contribution in [0.5, 0.6) is 0 Å². The number of rotatable bonds is 5. The van der Waals surface area contributed by atoms with E-state index in [9.17, 15) is 0 Å². The van der Waals surface area contributed by atoms with E-state index in [1.54, 1.807) is 11.8 Å². The van der Waals surface area contributed by atoms with Crippen LogP contribution in [0.2, 0.25) is 0 Å². The second kappa shape index (κ2) is 5.75. The third-order valence-electron chi connectivity index (χ3n) is 2.74. The maximum Gasteiger partial charge on any atom is 0.153 e. The fraction of sp³-hybridized carbons (Fsp3) is 0.700. The van der Waals surface area contributed by atoms with Crippen LogP contribution in [0.25, 0.3) is 0 Å². The van der Waals surface area contributed by atoms with E-state index < -0.39 is 0 Å². The Labute approximate surface area is 104 Å². The third kappa shape index (κ3) is 2.81. The molecule has 3 N–H and O–H groups in total. The van der Waals surface area contributed by atoms with E-state index in [0.29, 0.717) is 5.82 Å². The lowest BCUT2D eigenvalue weighted by atomic mass is 10.1. The summed E-state index contributed by atoms with van der Waals surface area (Å²) in [7, 11) is 0. The monoisotopic (exact) mass is 259 g/mol. The number of thioether (sulfide) groups is 1. The van der Waals surface area contributed by atoms with Crippen molar-refractivity contribution in [1.29, 1.82) is 0 Å². The highest BCUT2D eigenvalue weighted by atomic mass is 32.2.